The summed E-state index contributed by atoms with van der Waals surface area (Å²) in [6.45, 7) is 3.74. The Morgan fingerprint density at radius 2 is 2.05 bits per heavy atom. The average Bonchev–Trinajstić information content (AvgIpc) is 2.98. The average molecular weight is 292 g/mol. The second-order valence-corrected chi connectivity index (χ2v) is 6.17. The van der Waals surface area contributed by atoms with E-state index in [9.17, 15) is 4.79 Å². The van der Waals surface area contributed by atoms with Crippen molar-refractivity contribution in [1.29, 1.82) is 0 Å². The highest BCUT2D eigenvalue weighted by Crippen LogP contribution is 2.35. The molecule has 6 heteroatoms. The summed E-state index contributed by atoms with van der Waals surface area (Å²) in [5.74, 6) is 2.71. The van der Waals surface area contributed by atoms with Gasteiger partial charge < -0.3 is 15.2 Å². The largest absolute Gasteiger partial charge is 0.353 e. The summed E-state index contributed by atoms with van der Waals surface area (Å²) in [5.41, 5.74) is 0. The Labute approximate surface area is 125 Å². The first-order valence-electron chi connectivity index (χ1n) is 8.09. The molecular weight excluding hydrogens is 268 g/mol. The molecule has 1 aliphatic heterocycles. The molecule has 1 saturated heterocycles. The fourth-order valence-corrected chi connectivity index (χ4v) is 3.33. The summed E-state index contributed by atoms with van der Waals surface area (Å²) in [6, 6.07) is -0.247. The van der Waals surface area contributed by atoms with E-state index >= 15 is 0 Å². The lowest BCUT2D eigenvalue weighted by molar-refractivity contribution is -0.124. The molecule has 21 heavy (non-hydrogen) atoms. The normalized spacial score (nSPS) is 30.1. The van der Waals surface area contributed by atoms with Gasteiger partial charge in [-0.3, -0.25) is 4.79 Å². The van der Waals surface area contributed by atoms with Crippen LogP contribution in [0.3, 0.4) is 0 Å². The minimum atomic E-state index is -0.247. The fourth-order valence-electron chi connectivity index (χ4n) is 3.33. The minimum absolute atomic E-state index is 0.0180. The summed E-state index contributed by atoms with van der Waals surface area (Å²) in [4.78, 5) is 16.2. The zero-order valence-corrected chi connectivity index (χ0v) is 12.6. The molecule has 1 saturated carbocycles. The topological polar surface area (TPSA) is 80.0 Å². The number of piperazine rings is 1. The quantitative estimate of drug-likeness (QED) is 0.876. The number of carbonyl (C=O) groups is 1. The van der Waals surface area contributed by atoms with E-state index in [4.69, 9.17) is 4.52 Å². The van der Waals surface area contributed by atoms with Crippen molar-refractivity contribution in [2.45, 2.75) is 57.4 Å². The van der Waals surface area contributed by atoms with Crippen LogP contribution in [0.2, 0.25) is 0 Å². The summed E-state index contributed by atoms with van der Waals surface area (Å²) in [5, 5.41) is 10.2. The first kappa shape index (κ1) is 14.5. The highest BCUT2D eigenvalue weighted by molar-refractivity contribution is 5.82. The smallest absolute Gasteiger partial charge is 0.237 e. The Morgan fingerprint density at radius 1 is 1.24 bits per heavy atom. The van der Waals surface area contributed by atoms with E-state index in [0.29, 0.717) is 24.8 Å². The first-order chi connectivity index (χ1) is 10.3. The molecule has 0 radical (unpaired) electrons. The Hall–Kier alpha value is -1.43. The number of rotatable bonds is 4. The summed E-state index contributed by atoms with van der Waals surface area (Å²) in [6.07, 6.45) is 6.57. The van der Waals surface area contributed by atoms with E-state index in [1.54, 1.807) is 0 Å². The number of hydrogen-bond acceptors (Lipinski definition) is 5. The number of amides is 1. The van der Waals surface area contributed by atoms with Crippen LogP contribution in [-0.2, 0) is 11.2 Å². The van der Waals surface area contributed by atoms with Gasteiger partial charge in [-0.1, -0.05) is 18.5 Å². The third-order valence-electron chi connectivity index (χ3n) is 4.78. The Morgan fingerprint density at radius 3 is 2.76 bits per heavy atom. The molecule has 2 N–H and O–H groups in total. The maximum atomic E-state index is 11.7. The maximum absolute atomic E-state index is 11.7. The highest BCUT2D eigenvalue weighted by atomic mass is 16.5. The molecule has 0 bridgehead atoms. The zero-order chi connectivity index (χ0) is 14.7. The van der Waals surface area contributed by atoms with E-state index < -0.39 is 0 Å². The van der Waals surface area contributed by atoms with Crippen LogP contribution in [0.1, 0.15) is 56.7 Å². The van der Waals surface area contributed by atoms with E-state index in [1.807, 2.05) is 0 Å². The van der Waals surface area contributed by atoms with Crippen LogP contribution in [0.15, 0.2) is 4.52 Å². The maximum Gasteiger partial charge on any atom is 0.237 e. The van der Waals surface area contributed by atoms with Crippen LogP contribution in [-0.4, -0.2) is 35.2 Å². The molecule has 0 spiro atoms. The summed E-state index contributed by atoms with van der Waals surface area (Å²) in [7, 11) is 0. The van der Waals surface area contributed by atoms with E-state index in [2.05, 4.69) is 27.7 Å². The molecule has 2 fully saturated rings. The number of carbonyl (C=O) groups excluding carboxylic acids is 1. The lowest BCUT2D eigenvalue weighted by Crippen LogP contribution is -2.53. The van der Waals surface area contributed by atoms with Crippen molar-refractivity contribution in [3.8, 4) is 0 Å². The van der Waals surface area contributed by atoms with Crippen molar-refractivity contribution >= 4 is 5.91 Å². The van der Waals surface area contributed by atoms with Crippen LogP contribution < -0.4 is 10.6 Å². The summed E-state index contributed by atoms with van der Waals surface area (Å²) >= 11 is 0. The molecule has 116 valence electrons. The van der Waals surface area contributed by atoms with Gasteiger partial charge in [-0.25, -0.2) is 0 Å². The monoisotopic (exact) mass is 292 g/mol. The molecule has 1 amide bonds. The van der Waals surface area contributed by atoms with E-state index in [0.717, 1.165) is 31.1 Å². The van der Waals surface area contributed by atoms with Gasteiger partial charge in [0.15, 0.2) is 5.82 Å². The van der Waals surface area contributed by atoms with Crippen LogP contribution in [0.4, 0.5) is 0 Å². The van der Waals surface area contributed by atoms with Gasteiger partial charge in [0.25, 0.3) is 0 Å². The number of nitrogens with one attached hydrogen (secondary N) is 2. The third kappa shape index (κ3) is 3.43. The van der Waals surface area contributed by atoms with Gasteiger partial charge in [0.2, 0.25) is 11.8 Å². The molecule has 1 aliphatic carbocycles. The van der Waals surface area contributed by atoms with Crippen molar-refractivity contribution in [3.05, 3.63) is 11.7 Å². The molecule has 2 heterocycles. The Balaban J connectivity index is 1.57. The Kier molecular flexibility index (Phi) is 4.53. The molecule has 2 aliphatic rings. The van der Waals surface area contributed by atoms with Crippen LogP contribution >= 0.6 is 0 Å². The van der Waals surface area contributed by atoms with Gasteiger partial charge in [-0.15, -0.1) is 0 Å². The van der Waals surface area contributed by atoms with Crippen LogP contribution in [0.25, 0.3) is 0 Å². The molecule has 1 unspecified atom stereocenters. The van der Waals surface area contributed by atoms with Gasteiger partial charge in [0.1, 0.15) is 0 Å². The zero-order valence-electron chi connectivity index (χ0n) is 12.6. The van der Waals surface area contributed by atoms with E-state index in [-0.39, 0.29) is 11.9 Å². The fraction of sp³-hybridized carbons (Fsp3) is 0.800. The highest BCUT2D eigenvalue weighted by Gasteiger charge is 2.27. The molecule has 0 aromatic carbocycles. The van der Waals surface area contributed by atoms with Gasteiger partial charge in [-0.2, -0.15) is 4.98 Å². The molecule has 1 atom stereocenters. The first-order valence-corrected chi connectivity index (χ1v) is 8.09. The predicted molar refractivity (Wildman–Crippen MR) is 77.8 cm³/mol. The van der Waals surface area contributed by atoms with Gasteiger partial charge in [-0.05, 0) is 31.6 Å². The van der Waals surface area contributed by atoms with Crippen molar-refractivity contribution in [2.75, 3.05) is 13.1 Å². The van der Waals surface area contributed by atoms with Gasteiger partial charge >= 0.3 is 0 Å². The molecule has 6 nitrogen and oxygen atoms in total. The second-order valence-electron chi connectivity index (χ2n) is 6.17. The van der Waals surface area contributed by atoms with Crippen molar-refractivity contribution in [2.24, 2.45) is 5.92 Å². The van der Waals surface area contributed by atoms with Crippen molar-refractivity contribution in [3.63, 3.8) is 0 Å². The van der Waals surface area contributed by atoms with Crippen LogP contribution in [0, 0.1) is 5.92 Å². The lowest BCUT2D eigenvalue weighted by Gasteiger charge is -2.25. The third-order valence-corrected chi connectivity index (χ3v) is 4.78. The second kappa shape index (κ2) is 6.56. The SMILES string of the molecule is CCC1CCC(c2noc(CC3NCCNC3=O)n2)CC1. The van der Waals surface area contributed by atoms with Gasteiger partial charge in [0, 0.05) is 19.0 Å². The Bertz CT molecular complexity index is 480. The number of aromatic nitrogens is 2. The van der Waals surface area contributed by atoms with E-state index in [1.165, 1.54) is 19.3 Å². The molecule has 1 aromatic rings. The molecule has 1 aromatic heterocycles. The summed E-state index contributed by atoms with van der Waals surface area (Å²) < 4.78 is 5.34. The predicted octanol–water partition coefficient (Wildman–Crippen LogP) is 1.38. The number of nitrogens with zero attached hydrogens (tertiary/aromatic N) is 2. The van der Waals surface area contributed by atoms with Crippen LogP contribution in [0.5, 0.6) is 0 Å². The van der Waals surface area contributed by atoms with Crippen molar-refractivity contribution in [1.82, 2.24) is 20.8 Å². The van der Waals surface area contributed by atoms with Crippen molar-refractivity contribution < 1.29 is 9.32 Å². The molecular formula is C15H24N4O2. The molecule has 3 rings (SSSR count). The minimum Gasteiger partial charge on any atom is -0.353 e. The number of hydrogen-bond donors (Lipinski definition) is 2. The lowest BCUT2D eigenvalue weighted by atomic mass is 9.80. The standard InChI is InChI=1S/C15H24N4O2/c1-2-10-3-5-11(6-4-10)14-18-13(21-19-14)9-12-15(20)17-8-7-16-12/h10-12,16H,2-9H2,1H3,(H,17,20). The van der Waals surface area contributed by atoms with Gasteiger partial charge in [0.05, 0.1) is 12.5 Å².